The van der Waals surface area contributed by atoms with E-state index in [0.717, 1.165) is 0 Å². The second-order valence-corrected chi connectivity index (χ2v) is 7.43. The number of carbonyl (C=O) groups is 3. The number of hydrogen-bond acceptors (Lipinski definition) is 7. The monoisotopic (exact) mass is 415 g/mol. The van der Waals surface area contributed by atoms with Gasteiger partial charge in [0.25, 0.3) is 11.7 Å². The van der Waals surface area contributed by atoms with Crippen LogP contribution >= 0.6 is 0 Å². The first kappa shape index (κ1) is 21.4. The minimum Gasteiger partial charge on any atom is -0.507 e. The van der Waals surface area contributed by atoms with Crippen LogP contribution in [0.5, 0.6) is 0 Å². The van der Waals surface area contributed by atoms with E-state index < -0.39 is 23.7 Å². The SMILES string of the molecule is COC(=O)c1[nH]c(C)c(/C(O)=C2\C(=O)C(=O)N(CCN(C)C)[C@H]2c2ccco2)c1C. The molecule has 2 aromatic heterocycles. The van der Waals surface area contributed by atoms with Crippen molar-refractivity contribution in [3.05, 3.63) is 52.2 Å². The molecule has 3 rings (SSSR count). The molecule has 0 spiro atoms. The van der Waals surface area contributed by atoms with Crippen molar-refractivity contribution in [2.45, 2.75) is 19.9 Å². The molecule has 0 saturated carbocycles. The summed E-state index contributed by atoms with van der Waals surface area (Å²) in [5.41, 5.74) is 1.29. The van der Waals surface area contributed by atoms with Crippen LogP contribution in [0.1, 0.15) is 39.1 Å². The van der Waals surface area contributed by atoms with E-state index in [0.29, 0.717) is 23.6 Å². The van der Waals surface area contributed by atoms with Crippen LogP contribution in [0.2, 0.25) is 0 Å². The molecule has 1 atom stereocenters. The molecule has 1 fully saturated rings. The van der Waals surface area contributed by atoms with Gasteiger partial charge >= 0.3 is 5.97 Å². The number of amides is 1. The van der Waals surface area contributed by atoms with Gasteiger partial charge < -0.3 is 29.0 Å². The number of hydrogen-bond donors (Lipinski definition) is 2. The van der Waals surface area contributed by atoms with Crippen molar-refractivity contribution < 1.29 is 28.6 Å². The number of esters is 1. The lowest BCUT2D eigenvalue weighted by Crippen LogP contribution is -2.35. The predicted molar refractivity (Wildman–Crippen MR) is 108 cm³/mol. The van der Waals surface area contributed by atoms with Crippen molar-refractivity contribution >= 4 is 23.4 Å². The molecule has 1 saturated heterocycles. The summed E-state index contributed by atoms with van der Waals surface area (Å²) in [6, 6.07) is 2.45. The number of rotatable bonds is 6. The number of likely N-dealkylation sites (N-methyl/N-ethyl adjacent to an activating group) is 1. The molecule has 3 heterocycles. The van der Waals surface area contributed by atoms with Crippen LogP contribution in [0.4, 0.5) is 0 Å². The van der Waals surface area contributed by atoms with Gasteiger partial charge in [-0.2, -0.15) is 0 Å². The summed E-state index contributed by atoms with van der Waals surface area (Å²) in [5, 5.41) is 11.2. The average Bonchev–Trinajstić information content (AvgIpc) is 3.38. The normalized spacial score (nSPS) is 18.5. The number of furan rings is 1. The number of ketones is 1. The van der Waals surface area contributed by atoms with Gasteiger partial charge in [0, 0.05) is 24.3 Å². The molecule has 0 aliphatic carbocycles. The van der Waals surface area contributed by atoms with Crippen molar-refractivity contribution in [1.82, 2.24) is 14.8 Å². The number of likely N-dealkylation sites (tertiary alicyclic amines) is 1. The Bertz CT molecular complexity index is 1020. The Hall–Kier alpha value is -3.33. The summed E-state index contributed by atoms with van der Waals surface area (Å²) in [6.07, 6.45) is 1.45. The zero-order valence-corrected chi connectivity index (χ0v) is 17.6. The molecular weight excluding hydrogens is 390 g/mol. The zero-order chi connectivity index (χ0) is 22.2. The van der Waals surface area contributed by atoms with Gasteiger partial charge in [-0.05, 0) is 45.6 Å². The molecule has 1 amide bonds. The topological polar surface area (TPSA) is 116 Å². The number of aromatic nitrogens is 1. The number of methoxy groups -OCH3 is 1. The Kier molecular flexibility index (Phi) is 5.84. The van der Waals surface area contributed by atoms with Crippen molar-refractivity contribution in [3.63, 3.8) is 0 Å². The average molecular weight is 415 g/mol. The van der Waals surface area contributed by atoms with Gasteiger partial charge in [-0.15, -0.1) is 0 Å². The van der Waals surface area contributed by atoms with E-state index in [4.69, 9.17) is 9.15 Å². The van der Waals surface area contributed by atoms with Crippen molar-refractivity contribution in [1.29, 1.82) is 0 Å². The number of nitrogens with one attached hydrogen (secondary N) is 1. The maximum Gasteiger partial charge on any atom is 0.354 e. The summed E-state index contributed by atoms with van der Waals surface area (Å²) in [4.78, 5) is 43.9. The number of carbonyl (C=O) groups excluding carboxylic acids is 3. The van der Waals surface area contributed by atoms with E-state index in [-0.39, 0.29) is 29.1 Å². The minimum atomic E-state index is -0.866. The van der Waals surface area contributed by atoms with Crippen molar-refractivity contribution in [3.8, 4) is 0 Å². The highest BCUT2D eigenvalue weighted by Crippen LogP contribution is 2.40. The van der Waals surface area contributed by atoms with Gasteiger partial charge in [-0.1, -0.05) is 0 Å². The molecule has 0 radical (unpaired) electrons. The first-order valence-corrected chi connectivity index (χ1v) is 9.43. The van der Waals surface area contributed by atoms with Gasteiger partial charge in [-0.3, -0.25) is 9.59 Å². The number of nitrogens with zero attached hydrogens (tertiary/aromatic N) is 2. The highest BCUT2D eigenvalue weighted by Gasteiger charge is 2.47. The fraction of sp³-hybridized carbons (Fsp3) is 0.381. The van der Waals surface area contributed by atoms with Crippen LogP contribution in [0.25, 0.3) is 5.76 Å². The Morgan fingerprint density at radius 3 is 2.60 bits per heavy atom. The molecule has 9 heteroatoms. The highest BCUT2D eigenvalue weighted by molar-refractivity contribution is 6.46. The highest BCUT2D eigenvalue weighted by atomic mass is 16.5. The van der Waals surface area contributed by atoms with E-state index in [2.05, 4.69) is 4.98 Å². The van der Waals surface area contributed by atoms with Crippen LogP contribution in [0.15, 0.2) is 28.4 Å². The van der Waals surface area contributed by atoms with Gasteiger partial charge in [0.1, 0.15) is 23.3 Å². The van der Waals surface area contributed by atoms with Gasteiger partial charge in [-0.25, -0.2) is 4.79 Å². The molecule has 0 aromatic carbocycles. The smallest absolute Gasteiger partial charge is 0.354 e. The number of Topliss-reactive ketones (excluding diaryl/α,β-unsaturated/α-hetero) is 1. The first-order chi connectivity index (χ1) is 14.2. The van der Waals surface area contributed by atoms with Crippen LogP contribution in [0, 0.1) is 13.8 Å². The number of aliphatic hydroxyl groups excluding tert-OH is 1. The summed E-state index contributed by atoms with van der Waals surface area (Å²) in [5.74, 6) is -2.09. The Morgan fingerprint density at radius 1 is 1.33 bits per heavy atom. The fourth-order valence-corrected chi connectivity index (χ4v) is 3.71. The Morgan fingerprint density at radius 2 is 2.03 bits per heavy atom. The van der Waals surface area contributed by atoms with Gasteiger partial charge in [0.2, 0.25) is 0 Å². The lowest BCUT2D eigenvalue weighted by atomic mass is 9.97. The summed E-state index contributed by atoms with van der Waals surface area (Å²) >= 11 is 0. The second-order valence-electron chi connectivity index (χ2n) is 7.43. The number of aliphatic hydroxyl groups is 1. The van der Waals surface area contributed by atoms with Gasteiger partial charge in [0.15, 0.2) is 0 Å². The van der Waals surface area contributed by atoms with E-state index in [1.54, 1.807) is 26.0 Å². The molecular formula is C21H25N3O6. The number of ether oxygens (including phenoxy) is 1. The van der Waals surface area contributed by atoms with Crippen LogP contribution in [-0.4, -0.2) is 71.8 Å². The molecule has 160 valence electrons. The van der Waals surface area contributed by atoms with Crippen LogP contribution in [-0.2, 0) is 14.3 Å². The summed E-state index contributed by atoms with van der Waals surface area (Å²) in [7, 11) is 4.98. The largest absolute Gasteiger partial charge is 0.507 e. The molecule has 0 bridgehead atoms. The van der Waals surface area contributed by atoms with Crippen LogP contribution in [0.3, 0.4) is 0 Å². The van der Waals surface area contributed by atoms with Crippen LogP contribution < -0.4 is 0 Å². The third kappa shape index (κ3) is 3.52. The Labute approximate surface area is 173 Å². The predicted octanol–water partition coefficient (Wildman–Crippen LogP) is 1.99. The lowest BCUT2D eigenvalue weighted by molar-refractivity contribution is -0.140. The van der Waals surface area contributed by atoms with Gasteiger partial charge in [0.05, 0.1) is 18.9 Å². The van der Waals surface area contributed by atoms with Crippen molar-refractivity contribution in [2.24, 2.45) is 0 Å². The maximum absolute atomic E-state index is 12.9. The minimum absolute atomic E-state index is 0.0738. The number of aromatic amines is 1. The quantitative estimate of drug-likeness (QED) is 0.321. The zero-order valence-electron chi connectivity index (χ0n) is 17.6. The first-order valence-electron chi connectivity index (χ1n) is 9.43. The number of H-pyrrole nitrogens is 1. The summed E-state index contributed by atoms with van der Waals surface area (Å²) in [6.45, 7) is 4.10. The Balaban J connectivity index is 2.18. The third-order valence-corrected chi connectivity index (χ3v) is 5.20. The van der Waals surface area contributed by atoms with E-state index in [1.165, 1.54) is 18.3 Å². The molecule has 1 aliphatic rings. The fourth-order valence-electron chi connectivity index (χ4n) is 3.71. The van der Waals surface area contributed by atoms with E-state index in [1.807, 2.05) is 19.0 Å². The standard InChI is InChI=1S/C21H25N3O6/c1-11-14(12(2)22-16(11)21(28)29-5)18(25)15-17(13-7-6-10-30-13)24(9-8-23(3)4)20(27)19(15)26/h6-7,10,17,22,25H,8-9H2,1-5H3/b18-15+/t17-/m0/s1. The third-order valence-electron chi connectivity index (χ3n) is 5.20. The molecule has 0 unspecified atom stereocenters. The number of aryl methyl sites for hydroxylation is 1. The molecule has 30 heavy (non-hydrogen) atoms. The molecule has 9 nitrogen and oxygen atoms in total. The molecule has 2 N–H and O–H groups in total. The van der Waals surface area contributed by atoms with Crippen molar-refractivity contribution in [2.75, 3.05) is 34.3 Å². The lowest BCUT2D eigenvalue weighted by Gasteiger charge is -2.24. The maximum atomic E-state index is 12.9. The second kappa shape index (κ2) is 8.19. The van der Waals surface area contributed by atoms with E-state index in [9.17, 15) is 19.5 Å². The molecule has 2 aromatic rings. The van der Waals surface area contributed by atoms with E-state index >= 15 is 0 Å². The molecule has 1 aliphatic heterocycles. The summed E-state index contributed by atoms with van der Waals surface area (Å²) < 4.78 is 10.3.